The number of halogens is 1. The highest BCUT2D eigenvalue weighted by Gasteiger charge is 2.12. The van der Waals surface area contributed by atoms with Crippen LogP contribution in [0.2, 0.25) is 5.02 Å². The quantitative estimate of drug-likeness (QED) is 0.484. The molecule has 3 rings (SSSR count). The maximum absolute atomic E-state index is 12.3. The SMILES string of the molecule is COc1ccccc1OCC(=O)NCc1nc(C(=O)NCCc2cccc(Cl)c2)cs1. The number of carbonyl (C=O) groups excluding carboxylic acids is 2. The van der Waals surface area contributed by atoms with Crippen molar-refractivity contribution in [2.45, 2.75) is 13.0 Å². The molecule has 2 N–H and O–H groups in total. The van der Waals surface area contributed by atoms with Gasteiger partial charge in [-0.25, -0.2) is 4.98 Å². The minimum absolute atomic E-state index is 0.150. The minimum atomic E-state index is -0.298. The van der Waals surface area contributed by atoms with E-state index in [-0.39, 0.29) is 25.0 Å². The molecule has 31 heavy (non-hydrogen) atoms. The van der Waals surface area contributed by atoms with Crippen molar-refractivity contribution in [1.82, 2.24) is 15.6 Å². The monoisotopic (exact) mass is 459 g/mol. The van der Waals surface area contributed by atoms with E-state index in [1.54, 1.807) is 23.6 Å². The van der Waals surface area contributed by atoms with Crippen molar-refractivity contribution >= 4 is 34.8 Å². The van der Waals surface area contributed by atoms with E-state index in [1.165, 1.54) is 18.4 Å². The van der Waals surface area contributed by atoms with Gasteiger partial charge < -0.3 is 20.1 Å². The molecule has 162 valence electrons. The highest BCUT2D eigenvalue weighted by molar-refractivity contribution is 7.09. The van der Waals surface area contributed by atoms with E-state index in [9.17, 15) is 9.59 Å². The molecule has 0 radical (unpaired) electrons. The van der Waals surface area contributed by atoms with Gasteiger partial charge in [-0.1, -0.05) is 35.9 Å². The zero-order valence-corrected chi connectivity index (χ0v) is 18.5. The van der Waals surface area contributed by atoms with Crippen molar-refractivity contribution in [3.8, 4) is 11.5 Å². The first-order chi connectivity index (χ1) is 15.0. The lowest BCUT2D eigenvalue weighted by Gasteiger charge is -2.10. The number of methoxy groups -OCH3 is 1. The van der Waals surface area contributed by atoms with E-state index >= 15 is 0 Å². The summed E-state index contributed by atoms with van der Waals surface area (Å²) in [6.45, 7) is 0.542. The molecule has 0 aliphatic carbocycles. The number of ether oxygens (including phenoxy) is 2. The molecule has 0 fully saturated rings. The van der Waals surface area contributed by atoms with Crippen LogP contribution in [0.5, 0.6) is 11.5 Å². The summed E-state index contributed by atoms with van der Waals surface area (Å²) < 4.78 is 10.7. The number of thiazole rings is 1. The summed E-state index contributed by atoms with van der Waals surface area (Å²) in [4.78, 5) is 28.6. The van der Waals surface area contributed by atoms with Gasteiger partial charge in [0.15, 0.2) is 18.1 Å². The summed E-state index contributed by atoms with van der Waals surface area (Å²) in [7, 11) is 1.54. The fourth-order valence-corrected chi connectivity index (χ4v) is 3.63. The maximum atomic E-state index is 12.3. The van der Waals surface area contributed by atoms with Crippen LogP contribution < -0.4 is 20.1 Å². The highest BCUT2D eigenvalue weighted by atomic mass is 35.5. The average molecular weight is 460 g/mol. The third-order valence-electron chi connectivity index (χ3n) is 4.24. The van der Waals surface area contributed by atoms with Gasteiger partial charge in [0.25, 0.3) is 11.8 Å². The summed E-state index contributed by atoms with van der Waals surface area (Å²) in [5, 5.41) is 8.53. The van der Waals surface area contributed by atoms with Crippen molar-refractivity contribution in [3.63, 3.8) is 0 Å². The molecule has 1 heterocycles. The Kier molecular flexibility index (Phi) is 8.26. The van der Waals surface area contributed by atoms with Crippen LogP contribution in [0.15, 0.2) is 53.9 Å². The van der Waals surface area contributed by atoms with Gasteiger partial charge in [-0.15, -0.1) is 11.3 Å². The van der Waals surface area contributed by atoms with E-state index < -0.39 is 0 Å². The Morgan fingerprint density at radius 3 is 2.68 bits per heavy atom. The second kappa shape index (κ2) is 11.3. The van der Waals surface area contributed by atoms with E-state index in [4.69, 9.17) is 21.1 Å². The first-order valence-corrected chi connectivity index (χ1v) is 10.8. The van der Waals surface area contributed by atoms with Crippen molar-refractivity contribution in [2.24, 2.45) is 0 Å². The molecule has 0 bridgehead atoms. The summed E-state index contributed by atoms with van der Waals surface area (Å²) in [6.07, 6.45) is 0.672. The second-order valence-corrected chi connectivity index (χ2v) is 7.86. The summed E-state index contributed by atoms with van der Waals surface area (Å²) in [5.74, 6) is 0.497. The van der Waals surface area contributed by atoms with Crippen LogP contribution in [-0.4, -0.2) is 37.1 Å². The fraction of sp³-hybridized carbons (Fsp3) is 0.227. The van der Waals surface area contributed by atoms with Crippen LogP contribution in [0.1, 0.15) is 21.1 Å². The van der Waals surface area contributed by atoms with Crippen LogP contribution in [0.3, 0.4) is 0 Å². The van der Waals surface area contributed by atoms with E-state index in [0.29, 0.717) is 40.2 Å². The van der Waals surface area contributed by atoms with Gasteiger partial charge >= 0.3 is 0 Å². The number of para-hydroxylation sites is 2. The van der Waals surface area contributed by atoms with Crippen molar-refractivity contribution in [3.05, 3.63) is 75.2 Å². The second-order valence-electron chi connectivity index (χ2n) is 6.48. The first-order valence-electron chi connectivity index (χ1n) is 9.54. The van der Waals surface area contributed by atoms with Crippen LogP contribution in [0, 0.1) is 0 Å². The predicted octanol–water partition coefficient (Wildman–Crippen LogP) is 3.47. The third-order valence-corrected chi connectivity index (χ3v) is 5.32. The average Bonchev–Trinajstić information content (AvgIpc) is 3.26. The molecule has 2 aromatic carbocycles. The Hall–Kier alpha value is -3.10. The molecule has 3 aromatic rings. The van der Waals surface area contributed by atoms with Gasteiger partial charge in [-0.3, -0.25) is 9.59 Å². The number of nitrogens with zero attached hydrogens (tertiary/aromatic N) is 1. The Bertz CT molecular complexity index is 1040. The van der Waals surface area contributed by atoms with Gasteiger partial charge in [0.2, 0.25) is 0 Å². The third kappa shape index (κ3) is 6.97. The molecule has 0 saturated carbocycles. The maximum Gasteiger partial charge on any atom is 0.270 e. The molecule has 0 aliphatic heterocycles. The van der Waals surface area contributed by atoms with Gasteiger partial charge in [0.05, 0.1) is 13.7 Å². The predicted molar refractivity (Wildman–Crippen MR) is 120 cm³/mol. The van der Waals surface area contributed by atoms with Gasteiger partial charge in [-0.2, -0.15) is 0 Å². The Morgan fingerprint density at radius 2 is 1.90 bits per heavy atom. The van der Waals surface area contributed by atoms with Gasteiger partial charge in [0.1, 0.15) is 10.7 Å². The van der Waals surface area contributed by atoms with Crippen molar-refractivity contribution in [1.29, 1.82) is 0 Å². The van der Waals surface area contributed by atoms with Crippen LogP contribution >= 0.6 is 22.9 Å². The Labute approximate surface area is 189 Å². The summed E-state index contributed by atoms with van der Waals surface area (Å²) >= 11 is 7.27. The zero-order chi connectivity index (χ0) is 22.1. The standard InChI is InChI=1S/C22H22ClN3O4S/c1-29-18-7-2-3-8-19(18)30-13-20(27)25-12-21-26-17(14-31-21)22(28)24-10-9-15-5-4-6-16(23)11-15/h2-8,11,14H,9-10,12-13H2,1H3,(H,24,28)(H,25,27). The smallest absolute Gasteiger partial charge is 0.270 e. The molecule has 1 aromatic heterocycles. The molecule has 0 saturated heterocycles. The lowest BCUT2D eigenvalue weighted by molar-refractivity contribution is -0.123. The minimum Gasteiger partial charge on any atom is -0.493 e. The lowest BCUT2D eigenvalue weighted by Crippen LogP contribution is -2.28. The molecule has 0 atom stereocenters. The van der Waals surface area contributed by atoms with Crippen molar-refractivity contribution < 1.29 is 19.1 Å². The van der Waals surface area contributed by atoms with Gasteiger partial charge in [-0.05, 0) is 36.2 Å². The topological polar surface area (TPSA) is 89.6 Å². The zero-order valence-electron chi connectivity index (χ0n) is 16.9. The van der Waals surface area contributed by atoms with Crippen LogP contribution in [0.4, 0.5) is 0 Å². The highest BCUT2D eigenvalue weighted by Crippen LogP contribution is 2.25. The largest absolute Gasteiger partial charge is 0.493 e. The number of amides is 2. The Balaban J connectivity index is 1.40. The van der Waals surface area contributed by atoms with E-state index in [0.717, 1.165) is 5.56 Å². The number of hydrogen-bond donors (Lipinski definition) is 2. The summed E-state index contributed by atoms with van der Waals surface area (Å²) in [5.41, 5.74) is 1.37. The lowest BCUT2D eigenvalue weighted by atomic mass is 10.1. The van der Waals surface area contributed by atoms with Gasteiger partial charge in [0, 0.05) is 16.9 Å². The molecule has 7 nitrogen and oxygen atoms in total. The van der Waals surface area contributed by atoms with E-state index in [2.05, 4.69) is 15.6 Å². The number of aromatic nitrogens is 1. The molecular weight excluding hydrogens is 438 g/mol. The van der Waals surface area contributed by atoms with E-state index in [1.807, 2.05) is 30.3 Å². The normalized spacial score (nSPS) is 10.4. The number of rotatable bonds is 10. The summed E-state index contributed by atoms with van der Waals surface area (Å²) in [6, 6.07) is 14.6. The fourth-order valence-electron chi connectivity index (χ4n) is 2.71. The van der Waals surface area contributed by atoms with Crippen LogP contribution in [-0.2, 0) is 17.8 Å². The number of hydrogen-bond acceptors (Lipinski definition) is 6. The molecular formula is C22H22ClN3O4S. The van der Waals surface area contributed by atoms with Crippen molar-refractivity contribution in [2.75, 3.05) is 20.3 Å². The molecule has 0 unspecified atom stereocenters. The molecule has 0 aliphatic rings. The van der Waals surface area contributed by atoms with Crippen LogP contribution in [0.25, 0.3) is 0 Å². The number of benzene rings is 2. The Morgan fingerprint density at radius 1 is 1.10 bits per heavy atom. The molecule has 2 amide bonds. The molecule has 9 heteroatoms. The number of nitrogens with one attached hydrogen (secondary N) is 2. The molecule has 0 spiro atoms. The number of carbonyl (C=O) groups is 2. The first kappa shape index (κ1) is 22.6.